The molecule has 1 rings (SSSR count). The molecule has 0 aliphatic rings. The number of aromatic nitrogens is 1. The number of nitrogens with two attached hydrogens (primary N) is 1. The van der Waals surface area contributed by atoms with E-state index in [0.717, 1.165) is 0 Å². The largest absolute Gasteiger partial charge is 0.308 e. The molecule has 0 saturated heterocycles. The van der Waals surface area contributed by atoms with E-state index in [1.807, 2.05) is 13.8 Å². The Morgan fingerprint density at radius 1 is 1.60 bits per heavy atom. The Hall–Kier alpha value is -1.34. The molecule has 0 aliphatic heterocycles. The summed E-state index contributed by atoms with van der Waals surface area (Å²) >= 11 is 1.33. The first kappa shape index (κ1) is 11.7. The Bertz CT molecular complexity index is 370. The maximum absolute atomic E-state index is 10.7. The van der Waals surface area contributed by atoms with Crippen LogP contribution in [-0.2, 0) is 0 Å². The topological polar surface area (TPSA) is 94.1 Å². The first-order valence-electron chi connectivity index (χ1n) is 4.33. The van der Waals surface area contributed by atoms with Crippen LogP contribution < -0.4 is 11.3 Å². The molecule has 1 aromatic rings. The molecule has 15 heavy (non-hydrogen) atoms. The number of hydrazine groups is 1. The van der Waals surface area contributed by atoms with Gasteiger partial charge in [0, 0.05) is 11.3 Å². The lowest BCUT2D eigenvalue weighted by Gasteiger charge is -2.06. The van der Waals surface area contributed by atoms with Gasteiger partial charge in [0.05, 0.1) is 4.92 Å². The average molecular weight is 228 g/mol. The Kier molecular flexibility index (Phi) is 3.87. The molecule has 82 valence electrons. The molecule has 0 bridgehead atoms. The van der Waals surface area contributed by atoms with E-state index in [1.54, 1.807) is 0 Å². The van der Waals surface area contributed by atoms with E-state index in [9.17, 15) is 10.1 Å². The monoisotopic (exact) mass is 228 g/mol. The summed E-state index contributed by atoms with van der Waals surface area (Å²) in [6, 6.07) is 2.87. The highest BCUT2D eigenvalue weighted by Gasteiger charge is 2.17. The van der Waals surface area contributed by atoms with Gasteiger partial charge < -0.3 is 5.43 Å². The summed E-state index contributed by atoms with van der Waals surface area (Å²) < 4.78 is 0. The molecule has 0 amide bonds. The van der Waals surface area contributed by atoms with E-state index in [-0.39, 0.29) is 10.9 Å². The van der Waals surface area contributed by atoms with Gasteiger partial charge in [0.15, 0.2) is 5.03 Å². The Balaban J connectivity index is 3.10. The molecule has 3 N–H and O–H groups in total. The van der Waals surface area contributed by atoms with Crippen LogP contribution in [0.5, 0.6) is 0 Å². The normalized spacial score (nSPS) is 10.4. The van der Waals surface area contributed by atoms with Gasteiger partial charge >= 0.3 is 5.69 Å². The zero-order valence-electron chi connectivity index (χ0n) is 8.43. The quantitative estimate of drug-likeness (QED) is 0.353. The van der Waals surface area contributed by atoms with Crippen molar-refractivity contribution in [3.8, 4) is 0 Å². The van der Waals surface area contributed by atoms with Crippen LogP contribution in [0.2, 0.25) is 0 Å². The molecule has 0 spiro atoms. The molecule has 0 aromatic carbocycles. The van der Waals surface area contributed by atoms with Crippen molar-refractivity contribution in [1.29, 1.82) is 0 Å². The summed E-state index contributed by atoms with van der Waals surface area (Å²) in [5.74, 6) is 5.60. The number of hydrogen-bond acceptors (Lipinski definition) is 6. The van der Waals surface area contributed by atoms with Crippen LogP contribution in [0.15, 0.2) is 17.2 Å². The predicted molar refractivity (Wildman–Crippen MR) is 59.7 cm³/mol. The smallest absolute Gasteiger partial charge is 0.301 e. The summed E-state index contributed by atoms with van der Waals surface area (Å²) in [6.07, 6.45) is 0. The predicted octanol–water partition coefficient (Wildman–Crippen LogP) is 1.78. The van der Waals surface area contributed by atoms with Gasteiger partial charge in [-0.05, 0) is 6.07 Å². The van der Waals surface area contributed by atoms with Gasteiger partial charge in [-0.15, -0.1) is 0 Å². The fraction of sp³-hybridized carbons (Fsp3) is 0.375. The van der Waals surface area contributed by atoms with Crippen LogP contribution in [0.4, 0.5) is 11.5 Å². The Morgan fingerprint density at radius 3 is 2.73 bits per heavy atom. The first-order valence-corrected chi connectivity index (χ1v) is 5.21. The highest BCUT2D eigenvalue weighted by molar-refractivity contribution is 7.99. The lowest BCUT2D eigenvalue weighted by atomic mass is 10.4. The molecule has 0 unspecified atom stereocenters. The summed E-state index contributed by atoms with van der Waals surface area (Å²) in [6.45, 7) is 3.89. The third-order valence-corrected chi connectivity index (χ3v) is 2.53. The standard InChI is InChI=1S/C8H12N4O2S/c1-5(2)15-8-6(12(13)14)3-4-7(10-8)11-9/h3-5H,9H2,1-2H3,(H,10,11). The average Bonchev–Trinajstić information content (AvgIpc) is 2.16. The molecule has 6 nitrogen and oxygen atoms in total. The molecular weight excluding hydrogens is 216 g/mol. The van der Waals surface area contributed by atoms with E-state index < -0.39 is 4.92 Å². The molecule has 0 aliphatic carbocycles. The van der Waals surface area contributed by atoms with Crippen LogP contribution >= 0.6 is 11.8 Å². The van der Waals surface area contributed by atoms with Gasteiger partial charge in [-0.2, -0.15) is 0 Å². The maximum Gasteiger partial charge on any atom is 0.301 e. The first-order chi connectivity index (χ1) is 7.04. The minimum Gasteiger partial charge on any atom is -0.308 e. The van der Waals surface area contributed by atoms with Gasteiger partial charge in [-0.25, -0.2) is 10.8 Å². The zero-order chi connectivity index (χ0) is 11.4. The number of thioether (sulfide) groups is 1. The zero-order valence-corrected chi connectivity index (χ0v) is 9.25. The lowest BCUT2D eigenvalue weighted by molar-refractivity contribution is -0.388. The maximum atomic E-state index is 10.7. The molecule has 1 aromatic heterocycles. The number of rotatable bonds is 4. The van der Waals surface area contributed by atoms with Crippen LogP contribution in [0.3, 0.4) is 0 Å². The van der Waals surface area contributed by atoms with Crippen molar-refractivity contribution in [2.24, 2.45) is 5.84 Å². The second-order valence-electron chi connectivity index (χ2n) is 3.09. The van der Waals surface area contributed by atoms with Crippen molar-refractivity contribution in [2.45, 2.75) is 24.1 Å². The second-order valence-corrected chi connectivity index (χ2v) is 4.65. The van der Waals surface area contributed by atoms with Crippen molar-refractivity contribution in [3.63, 3.8) is 0 Å². The van der Waals surface area contributed by atoms with Gasteiger partial charge in [0.1, 0.15) is 5.82 Å². The van der Waals surface area contributed by atoms with Crippen molar-refractivity contribution in [2.75, 3.05) is 5.43 Å². The summed E-state index contributed by atoms with van der Waals surface area (Å²) in [4.78, 5) is 14.3. The highest BCUT2D eigenvalue weighted by Crippen LogP contribution is 2.30. The minimum atomic E-state index is -0.446. The van der Waals surface area contributed by atoms with Gasteiger partial charge in [0.25, 0.3) is 0 Å². The summed E-state index contributed by atoms with van der Waals surface area (Å²) in [5, 5.41) is 11.3. The fourth-order valence-electron chi connectivity index (χ4n) is 0.962. The fourth-order valence-corrected chi connectivity index (χ4v) is 1.82. The number of pyridine rings is 1. The van der Waals surface area contributed by atoms with Gasteiger partial charge in [-0.3, -0.25) is 10.1 Å². The molecule has 0 radical (unpaired) electrons. The van der Waals surface area contributed by atoms with Crippen molar-refractivity contribution < 1.29 is 4.92 Å². The third-order valence-electron chi connectivity index (χ3n) is 1.53. The molecular formula is C8H12N4O2S. The van der Waals surface area contributed by atoms with Crippen LogP contribution in [0, 0.1) is 10.1 Å². The van der Waals surface area contributed by atoms with Crippen molar-refractivity contribution in [3.05, 3.63) is 22.2 Å². The lowest BCUT2D eigenvalue weighted by Crippen LogP contribution is -2.09. The van der Waals surface area contributed by atoms with Crippen LogP contribution in [0.1, 0.15) is 13.8 Å². The molecule has 0 saturated carbocycles. The Morgan fingerprint density at radius 2 is 2.27 bits per heavy atom. The van der Waals surface area contributed by atoms with Gasteiger partial charge in [0.2, 0.25) is 0 Å². The van der Waals surface area contributed by atoms with Crippen LogP contribution in [0.25, 0.3) is 0 Å². The molecule has 0 fully saturated rings. The number of nitrogen functional groups attached to an aromatic ring is 1. The number of anilines is 1. The molecule has 0 atom stereocenters. The van der Waals surface area contributed by atoms with E-state index in [2.05, 4.69) is 10.4 Å². The number of nitrogens with one attached hydrogen (secondary N) is 1. The van der Waals surface area contributed by atoms with Gasteiger partial charge in [-0.1, -0.05) is 25.6 Å². The van der Waals surface area contributed by atoms with Crippen molar-refractivity contribution in [1.82, 2.24) is 4.98 Å². The SMILES string of the molecule is CC(C)Sc1nc(NN)ccc1[N+](=O)[O-]. The molecule has 7 heteroatoms. The summed E-state index contributed by atoms with van der Waals surface area (Å²) in [7, 11) is 0. The summed E-state index contributed by atoms with van der Waals surface area (Å²) in [5.41, 5.74) is 2.37. The molecule has 1 heterocycles. The number of nitro groups is 1. The highest BCUT2D eigenvalue weighted by atomic mass is 32.2. The number of nitrogens with zero attached hydrogens (tertiary/aromatic N) is 2. The third kappa shape index (κ3) is 3.07. The van der Waals surface area contributed by atoms with E-state index in [0.29, 0.717) is 10.8 Å². The number of hydrogen-bond donors (Lipinski definition) is 2. The minimum absolute atomic E-state index is 0.00713. The van der Waals surface area contributed by atoms with E-state index in [4.69, 9.17) is 5.84 Å². The van der Waals surface area contributed by atoms with E-state index >= 15 is 0 Å². The Labute approximate surface area is 91.4 Å². The van der Waals surface area contributed by atoms with E-state index in [1.165, 1.54) is 23.9 Å². The second kappa shape index (κ2) is 4.94. The van der Waals surface area contributed by atoms with Crippen molar-refractivity contribution >= 4 is 23.3 Å². The van der Waals surface area contributed by atoms with Crippen LogP contribution in [-0.4, -0.2) is 15.2 Å².